The van der Waals surface area contributed by atoms with Crippen LogP contribution in [0.5, 0.6) is 0 Å². The van der Waals surface area contributed by atoms with Crippen LogP contribution in [0.15, 0.2) is 18.2 Å². The van der Waals surface area contributed by atoms with Gasteiger partial charge in [-0.1, -0.05) is 24.6 Å². The fourth-order valence-corrected chi connectivity index (χ4v) is 3.37. The normalized spacial score (nSPS) is 18.7. The third kappa shape index (κ3) is 3.85. The smallest absolute Gasteiger partial charge is 0.0429 e. The molecule has 1 aliphatic heterocycles. The Hall–Kier alpha value is -0.900. The second-order valence-electron chi connectivity index (χ2n) is 7.04. The minimum absolute atomic E-state index is 0.0773. The average molecular weight is 289 g/mol. The zero-order valence-electron chi connectivity index (χ0n) is 14.1. The summed E-state index contributed by atoms with van der Waals surface area (Å²) in [6, 6.07) is 7.01. The van der Waals surface area contributed by atoms with Crippen molar-refractivity contribution in [2.45, 2.75) is 65.0 Å². The summed E-state index contributed by atoms with van der Waals surface area (Å²) in [7, 11) is 0. The summed E-state index contributed by atoms with van der Waals surface area (Å²) in [5.74, 6) is 5.90. The van der Waals surface area contributed by atoms with Gasteiger partial charge in [0.15, 0.2) is 0 Å². The van der Waals surface area contributed by atoms with Crippen LogP contribution < -0.4 is 11.3 Å². The van der Waals surface area contributed by atoms with Crippen molar-refractivity contribution in [3.63, 3.8) is 0 Å². The average Bonchev–Trinajstić information content (AvgIpc) is 2.49. The summed E-state index contributed by atoms with van der Waals surface area (Å²) in [5, 5.41) is 0. The molecule has 3 heteroatoms. The van der Waals surface area contributed by atoms with Gasteiger partial charge in [0, 0.05) is 11.6 Å². The van der Waals surface area contributed by atoms with Crippen molar-refractivity contribution in [2.75, 3.05) is 13.1 Å². The van der Waals surface area contributed by atoms with E-state index in [4.69, 9.17) is 5.84 Å². The number of nitrogens with zero attached hydrogens (tertiary/aromatic N) is 1. The van der Waals surface area contributed by atoms with E-state index >= 15 is 0 Å². The van der Waals surface area contributed by atoms with E-state index in [1.807, 2.05) is 0 Å². The van der Waals surface area contributed by atoms with Gasteiger partial charge in [0.2, 0.25) is 0 Å². The minimum Gasteiger partial charge on any atom is -0.297 e. The molecule has 0 amide bonds. The number of aryl methyl sites for hydroxylation is 2. The Morgan fingerprint density at radius 2 is 1.81 bits per heavy atom. The van der Waals surface area contributed by atoms with Gasteiger partial charge in [-0.15, -0.1) is 0 Å². The van der Waals surface area contributed by atoms with Crippen molar-refractivity contribution in [1.82, 2.24) is 10.3 Å². The van der Waals surface area contributed by atoms with Crippen molar-refractivity contribution < 1.29 is 0 Å². The third-order valence-electron chi connectivity index (χ3n) is 5.24. The highest BCUT2D eigenvalue weighted by Crippen LogP contribution is 2.26. The van der Waals surface area contributed by atoms with Crippen molar-refractivity contribution in [3.05, 3.63) is 34.9 Å². The van der Waals surface area contributed by atoms with Gasteiger partial charge in [0.1, 0.15) is 0 Å². The van der Waals surface area contributed by atoms with Crippen LogP contribution in [-0.4, -0.2) is 29.6 Å². The number of hydrogen-bond acceptors (Lipinski definition) is 3. The van der Waals surface area contributed by atoms with E-state index < -0.39 is 0 Å². The zero-order chi connectivity index (χ0) is 15.5. The molecule has 118 valence electrons. The number of hydrazine groups is 1. The van der Waals surface area contributed by atoms with Crippen LogP contribution in [-0.2, 0) is 6.42 Å². The standard InChI is InChI=1S/C18H31N3/c1-14-8-9-16(12-15(14)2)13-17(20-19)18(3,4)21-10-6-5-7-11-21/h8-9,12,17,20H,5-7,10-11,13,19H2,1-4H3. The molecule has 1 atom stereocenters. The maximum Gasteiger partial charge on any atom is 0.0429 e. The van der Waals surface area contributed by atoms with Crippen LogP contribution in [0.4, 0.5) is 0 Å². The van der Waals surface area contributed by atoms with Crippen molar-refractivity contribution in [3.8, 4) is 0 Å². The van der Waals surface area contributed by atoms with E-state index in [1.165, 1.54) is 49.0 Å². The molecule has 0 saturated carbocycles. The Kier molecular flexibility index (Phi) is 5.42. The van der Waals surface area contributed by atoms with E-state index in [1.54, 1.807) is 0 Å². The topological polar surface area (TPSA) is 41.3 Å². The largest absolute Gasteiger partial charge is 0.297 e. The molecule has 2 rings (SSSR count). The van der Waals surface area contributed by atoms with Crippen LogP contribution in [0.1, 0.15) is 49.8 Å². The van der Waals surface area contributed by atoms with Crippen molar-refractivity contribution in [1.29, 1.82) is 0 Å². The molecule has 0 aliphatic carbocycles. The Morgan fingerprint density at radius 3 is 2.38 bits per heavy atom. The quantitative estimate of drug-likeness (QED) is 0.647. The Labute approximate surface area is 129 Å². The lowest BCUT2D eigenvalue weighted by Crippen LogP contribution is -2.61. The molecule has 3 N–H and O–H groups in total. The van der Waals surface area contributed by atoms with Crippen LogP contribution in [0.2, 0.25) is 0 Å². The maximum atomic E-state index is 5.90. The molecule has 1 saturated heterocycles. The molecule has 1 fully saturated rings. The number of rotatable bonds is 5. The minimum atomic E-state index is 0.0773. The Balaban J connectivity index is 2.12. The number of piperidine rings is 1. The molecule has 1 aromatic rings. The second kappa shape index (κ2) is 6.91. The number of nitrogens with one attached hydrogen (secondary N) is 1. The number of benzene rings is 1. The maximum absolute atomic E-state index is 5.90. The highest BCUT2D eigenvalue weighted by Gasteiger charge is 2.35. The number of likely N-dealkylation sites (tertiary alicyclic amines) is 1. The van der Waals surface area contributed by atoms with Crippen molar-refractivity contribution >= 4 is 0 Å². The van der Waals surface area contributed by atoms with Gasteiger partial charge in [-0.05, 0) is 76.7 Å². The van der Waals surface area contributed by atoms with E-state index in [2.05, 4.69) is 56.2 Å². The SMILES string of the molecule is Cc1ccc(CC(NN)C(C)(C)N2CCCCC2)cc1C. The lowest BCUT2D eigenvalue weighted by molar-refractivity contribution is 0.0611. The number of nitrogens with two attached hydrogens (primary N) is 1. The molecular weight excluding hydrogens is 258 g/mol. The molecule has 0 aromatic heterocycles. The summed E-state index contributed by atoms with van der Waals surface area (Å²) < 4.78 is 0. The summed E-state index contributed by atoms with van der Waals surface area (Å²) in [5.41, 5.74) is 7.24. The van der Waals surface area contributed by atoms with Gasteiger partial charge in [-0.25, -0.2) is 0 Å². The van der Waals surface area contributed by atoms with Gasteiger partial charge in [0.25, 0.3) is 0 Å². The van der Waals surface area contributed by atoms with Crippen LogP contribution in [0.3, 0.4) is 0 Å². The molecule has 3 nitrogen and oxygen atoms in total. The molecule has 0 bridgehead atoms. The lowest BCUT2D eigenvalue weighted by Gasteiger charge is -2.46. The van der Waals surface area contributed by atoms with Crippen LogP contribution in [0.25, 0.3) is 0 Å². The zero-order valence-corrected chi connectivity index (χ0v) is 14.1. The highest BCUT2D eigenvalue weighted by atomic mass is 15.3. The third-order valence-corrected chi connectivity index (χ3v) is 5.24. The van der Waals surface area contributed by atoms with E-state index in [-0.39, 0.29) is 11.6 Å². The fraction of sp³-hybridized carbons (Fsp3) is 0.667. The van der Waals surface area contributed by atoms with Gasteiger partial charge in [-0.3, -0.25) is 16.2 Å². The Bertz CT molecular complexity index is 462. The van der Waals surface area contributed by atoms with E-state index in [9.17, 15) is 0 Å². The molecule has 1 aromatic carbocycles. The summed E-state index contributed by atoms with van der Waals surface area (Å²) >= 11 is 0. The van der Waals surface area contributed by atoms with Crippen LogP contribution in [0, 0.1) is 13.8 Å². The predicted molar refractivity (Wildman–Crippen MR) is 90.2 cm³/mol. The van der Waals surface area contributed by atoms with Gasteiger partial charge in [-0.2, -0.15) is 0 Å². The van der Waals surface area contributed by atoms with E-state index in [0.717, 1.165) is 6.42 Å². The molecule has 1 unspecified atom stereocenters. The van der Waals surface area contributed by atoms with E-state index in [0.29, 0.717) is 0 Å². The van der Waals surface area contributed by atoms with Gasteiger partial charge in [0.05, 0.1) is 0 Å². The summed E-state index contributed by atoms with van der Waals surface area (Å²) in [6.07, 6.45) is 4.96. The van der Waals surface area contributed by atoms with Crippen molar-refractivity contribution in [2.24, 2.45) is 5.84 Å². The highest BCUT2D eigenvalue weighted by molar-refractivity contribution is 5.30. The molecule has 0 spiro atoms. The monoisotopic (exact) mass is 289 g/mol. The van der Waals surface area contributed by atoms with Gasteiger partial charge >= 0.3 is 0 Å². The predicted octanol–water partition coefficient (Wildman–Crippen LogP) is 2.94. The van der Waals surface area contributed by atoms with Gasteiger partial charge < -0.3 is 0 Å². The molecule has 0 radical (unpaired) electrons. The molecule has 1 aliphatic rings. The first-order valence-corrected chi connectivity index (χ1v) is 8.22. The number of hydrogen-bond donors (Lipinski definition) is 2. The molecular formula is C18H31N3. The Morgan fingerprint density at radius 1 is 1.14 bits per heavy atom. The summed E-state index contributed by atoms with van der Waals surface area (Å²) in [6.45, 7) is 11.4. The molecule has 21 heavy (non-hydrogen) atoms. The fourth-order valence-electron chi connectivity index (χ4n) is 3.37. The molecule has 1 heterocycles. The first kappa shape index (κ1) is 16.5. The van der Waals surface area contributed by atoms with Crippen LogP contribution >= 0.6 is 0 Å². The summed E-state index contributed by atoms with van der Waals surface area (Å²) in [4.78, 5) is 2.60. The first-order valence-electron chi connectivity index (χ1n) is 8.22. The second-order valence-corrected chi connectivity index (χ2v) is 7.04. The lowest BCUT2D eigenvalue weighted by atomic mass is 9.86. The first-order chi connectivity index (χ1) is 9.95.